The van der Waals surface area contributed by atoms with Gasteiger partial charge >= 0.3 is 23.1 Å². The number of carboxylic acids is 2. The Morgan fingerprint density at radius 3 is 1.21 bits per heavy atom. The van der Waals surface area contributed by atoms with E-state index in [0.717, 1.165) is 51.4 Å². The van der Waals surface area contributed by atoms with Gasteiger partial charge in [-0.15, -0.1) is 0 Å². The number of carbonyl (C=O) groups is 2. The normalized spacial score (nSPS) is 11.1. The molecule has 4 nitrogen and oxygen atoms in total. The minimum absolute atomic E-state index is 0. The molecular weight excluding hydrogens is 317 g/mol. The molecule has 0 bridgehead atoms. The van der Waals surface area contributed by atoms with E-state index in [9.17, 15) is 19.8 Å². The zero-order valence-electron chi connectivity index (χ0n) is 15.7. The molecule has 0 rings (SSSR count). The Hall–Kier alpha value is -0.294. The second kappa shape index (κ2) is 16.2. The maximum Gasteiger partial charge on any atom is 2.00 e. The fourth-order valence-electron chi connectivity index (χ4n) is 3.03. The molecule has 0 aromatic carbocycles. The number of hydrogen-bond donors (Lipinski definition) is 0. The third kappa shape index (κ3) is 10.5. The summed E-state index contributed by atoms with van der Waals surface area (Å²) in [6.07, 6.45) is 12.2. The van der Waals surface area contributed by atoms with Gasteiger partial charge in [0.2, 0.25) is 0 Å². The first-order valence-corrected chi connectivity index (χ1v) is 9.44. The van der Waals surface area contributed by atoms with Gasteiger partial charge in [0.25, 0.3) is 0 Å². The van der Waals surface area contributed by atoms with Crippen molar-refractivity contribution >= 4 is 35.0 Å². The van der Waals surface area contributed by atoms with Gasteiger partial charge in [0, 0.05) is 5.41 Å². The number of unbranched alkanes of at least 4 members (excludes halogenated alkanes) is 10. The minimum Gasteiger partial charge on any atom is -0.549 e. The maximum atomic E-state index is 11.5. The van der Waals surface area contributed by atoms with E-state index in [-0.39, 0.29) is 35.9 Å². The van der Waals surface area contributed by atoms with Crippen LogP contribution in [0.3, 0.4) is 0 Å². The van der Waals surface area contributed by atoms with E-state index in [2.05, 4.69) is 13.8 Å². The van der Waals surface area contributed by atoms with Crippen molar-refractivity contribution in [2.75, 3.05) is 0 Å². The Balaban J connectivity index is 0. The van der Waals surface area contributed by atoms with Gasteiger partial charge in [-0.2, -0.15) is 0 Å². The molecule has 0 heterocycles. The van der Waals surface area contributed by atoms with Crippen LogP contribution in [0.1, 0.15) is 104 Å². The van der Waals surface area contributed by atoms with Crippen molar-refractivity contribution in [1.29, 1.82) is 0 Å². The Morgan fingerprint density at radius 2 is 0.917 bits per heavy atom. The van der Waals surface area contributed by atoms with Gasteiger partial charge in [-0.25, -0.2) is 0 Å². The number of carboxylic acid groups (broad SMARTS) is 2. The average Bonchev–Trinajstić information content (AvgIpc) is 2.51. The van der Waals surface area contributed by atoms with Gasteiger partial charge < -0.3 is 19.8 Å². The Morgan fingerprint density at radius 1 is 0.625 bits per heavy atom. The van der Waals surface area contributed by atoms with Crippen LogP contribution in [0.15, 0.2) is 0 Å². The smallest absolute Gasteiger partial charge is 0.549 e. The van der Waals surface area contributed by atoms with Crippen molar-refractivity contribution in [3.8, 4) is 0 Å². The topological polar surface area (TPSA) is 80.3 Å². The van der Waals surface area contributed by atoms with Gasteiger partial charge in [0.05, 0.1) is 11.9 Å². The summed E-state index contributed by atoms with van der Waals surface area (Å²) in [6, 6.07) is 0. The van der Waals surface area contributed by atoms with E-state index >= 15 is 0 Å². The third-order valence-corrected chi connectivity index (χ3v) is 4.70. The first-order chi connectivity index (χ1) is 11.0. The van der Waals surface area contributed by atoms with E-state index in [4.69, 9.17) is 0 Å². The molecular formula is C19H34MgO4. The molecule has 0 saturated heterocycles. The van der Waals surface area contributed by atoms with Gasteiger partial charge in [0.1, 0.15) is 0 Å². The van der Waals surface area contributed by atoms with E-state index in [1.165, 1.54) is 12.8 Å². The van der Waals surface area contributed by atoms with E-state index in [1.54, 1.807) is 0 Å². The second-order valence-electron chi connectivity index (χ2n) is 6.69. The van der Waals surface area contributed by atoms with Crippen LogP contribution in [0.5, 0.6) is 0 Å². The van der Waals surface area contributed by atoms with Crippen molar-refractivity contribution in [2.45, 2.75) is 104 Å². The molecule has 0 saturated carbocycles. The van der Waals surface area contributed by atoms with Crippen molar-refractivity contribution < 1.29 is 19.8 Å². The fourth-order valence-corrected chi connectivity index (χ4v) is 3.03. The van der Waals surface area contributed by atoms with Crippen LogP contribution >= 0.6 is 0 Å². The van der Waals surface area contributed by atoms with Crippen LogP contribution in [0.25, 0.3) is 0 Å². The molecule has 0 aliphatic rings. The third-order valence-electron chi connectivity index (χ3n) is 4.70. The van der Waals surface area contributed by atoms with Crippen molar-refractivity contribution in [3.05, 3.63) is 0 Å². The molecule has 136 valence electrons. The van der Waals surface area contributed by atoms with Gasteiger partial charge in [-0.05, 0) is 12.8 Å². The number of aliphatic carboxylic acids is 2. The Labute approximate surface area is 163 Å². The summed E-state index contributed by atoms with van der Waals surface area (Å²) < 4.78 is 0. The van der Waals surface area contributed by atoms with Crippen LogP contribution in [0, 0.1) is 5.41 Å². The molecule has 0 fully saturated rings. The monoisotopic (exact) mass is 350 g/mol. The first-order valence-electron chi connectivity index (χ1n) is 9.44. The summed E-state index contributed by atoms with van der Waals surface area (Å²) in [4.78, 5) is 22.9. The second-order valence-corrected chi connectivity index (χ2v) is 6.69. The summed E-state index contributed by atoms with van der Waals surface area (Å²) in [5, 5.41) is 22.9. The van der Waals surface area contributed by atoms with Crippen LogP contribution in [0.4, 0.5) is 0 Å². The van der Waals surface area contributed by atoms with Gasteiger partial charge in [-0.1, -0.05) is 90.9 Å². The maximum absolute atomic E-state index is 11.5. The van der Waals surface area contributed by atoms with E-state index in [0.29, 0.717) is 12.8 Å². The van der Waals surface area contributed by atoms with Crippen LogP contribution in [0.2, 0.25) is 0 Å². The fraction of sp³-hybridized carbons (Fsp3) is 0.895. The summed E-state index contributed by atoms with van der Waals surface area (Å²) in [5.41, 5.74) is -1.80. The summed E-state index contributed by atoms with van der Waals surface area (Å²) in [5.74, 6) is -2.95. The van der Waals surface area contributed by atoms with Crippen LogP contribution in [-0.4, -0.2) is 35.0 Å². The van der Waals surface area contributed by atoms with E-state index in [1.807, 2.05) is 0 Å². The number of carbonyl (C=O) groups excluding carboxylic acids is 2. The molecule has 0 aromatic rings. The molecule has 0 aliphatic carbocycles. The predicted molar refractivity (Wildman–Crippen MR) is 94.2 cm³/mol. The first kappa shape index (κ1) is 25.9. The standard InChI is InChI=1S/C19H36O4.Mg/c1-3-5-7-9-11-13-15-19(17(20)21,18(22)23)16-14-12-10-8-6-4-2;/h3-16H2,1-2H3,(H,20,21)(H,22,23);/q;+2/p-2. The molecule has 0 atom stereocenters. The molecule has 24 heavy (non-hydrogen) atoms. The summed E-state index contributed by atoms with van der Waals surface area (Å²) in [7, 11) is 0. The van der Waals surface area contributed by atoms with E-state index < -0.39 is 17.4 Å². The van der Waals surface area contributed by atoms with Crippen LogP contribution < -0.4 is 10.2 Å². The summed E-state index contributed by atoms with van der Waals surface area (Å²) in [6.45, 7) is 4.27. The van der Waals surface area contributed by atoms with Crippen LogP contribution in [-0.2, 0) is 9.59 Å². The zero-order chi connectivity index (χ0) is 17.6. The number of rotatable bonds is 16. The molecule has 0 aliphatic heterocycles. The number of hydrogen-bond acceptors (Lipinski definition) is 4. The zero-order valence-corrected chi connectivity index (χ0v) is 17.2. The van der Waals surface area contributed by atoms with Crippen molar-refractivity contribution in [3.63, 3.8) is 0 Å². The molecule has 0 radical (unpaired) electrons. The molecule has 0 unspecified atom stereocenters. The molecule has 0 aromatic heterocycles. The SMILES string of the molecule is CCCCCCCCC(CCCCCCCC)(C(=O)[O-])C(=O)[O-].[Mg+2]. The minimum atomic E-state index is -1.80. The molecule has 0 amide bonds. The quantitative estimate of drug-likeness (QED) is 0.243. The Bertz CT molecular complexity index is 299. The van der Waals surface area contributed by atoms with Gasteiger partial charge in [0.15, 0.2) is 0 Å². The summed E-state index contributed by atoms with van der Waals surface area (Å²) >= 11 is 0. The average molecular weight is 351 g/mol. The van der Waals surface area contributed by atoms with Crippen molar-refractivity contribution in [1.82, 2.24) is 0 Å². The molecule has 5 heteroatoms. The van der Waals surface area contributed by atoms with Crippen molar-refractivity contribution in [2.24, 2.45) is 5.41 Å². The largest absolute Gasteiger partial charge is 2.00 e. The van der Waals surface area contributed by atoms with Gasteiger partial charge in [-0.3, -0.25) is 0 Å². The predicted octanol–water partition coefficient (Wildman–Crippen LogP) is 2.59. The Kier molecular flexibility index (Phi) is 17.5. The molecule has 0 N–H and O–H groups in total. The molecule has 0 spiro atoms.